The SMILES string of the molecule is CC(C)CC(NC(=O)C(N)CO)C(=O)NC(Cc1cnc[nH]1)C(=O)NC(C(=O)O)C(C)O. The molecule has 0 spiro atoms. The van der Waals surface area contributed by atoms with Gasteiger partial charge >= 0.3 is 5.97 Å². The quantitative estimate of drug-likeness (QED) is 0.154. The number of carbonyl (C=O) groups is 4. The minimum atomic E-state index is -1.59. The lowest BCUT2D eigenvalue weighted by atomic mass is 10.0. The normalized spacial score (nSPS) is 15.8. The van der Waals surface area contributed by atoms with Crippen molar-refractivity contribution in [3.63, 3.8) is 0 Å². The summed E-state index contributed by atoms with van der Waals surface area (Å²) in [5, 5.41) is 35.1. The predicted molar refractivity (Wildman–Crippen MR) is 112 cm³/mol. The van der Waals surface area contributed by atoms with Gasteiger partial charge in [-0.25, -0.2) is 9.78 Å². The van der Waals surface area contributed by atoms with Gasteiger partial charge in [-0.05, 0) is 19.3 Å². The summed E-state index contributed by atoms with van der Waals surface area (Å²) in [6.45, 7) is 4.25. The van der Waals surface area contributed by atoms with E-state index in [1.165, 1.54) is 19.4 Å². The van der Waals surface area contributed by atoms with Crippen LogP contribution in [-0.4, -0.2) is 85.9 Å². The average Bonchev–Trinajstić information content (AvgIpc) is 3.22. The number of aromatic nitrogens is 2. The number of amides is 3. The second-order valence-corrected chi connectivity index (χ2v) is 7.89. The third-order valence-electron chi connectivity index (χ3n) is 4.53. The fourth-order valence-corrected chi connectivity index (χ4v) is 2.80. The van der Waals surface area contributed by atoms with Crippen molar-refractivity contribution >= 4 is 23.7 Å². The summed E-state index contributed by atoms with van der Waals surface area (Å²) in [6, 6.07) is -5.09. The highest BCUT2D eigenvalue weighted by atomic mass is 16.4. The molecule has 1 heterocycles. The Morgan fingerprint density at radius 3 is 2.12 bits per heavy atom. The molecule has 0 bridgehead atoms. The van der Waals surface area contributed by atoms with Crippen LogP contribution in [0.15, 0.2) is 12.5 Å². The zero-order chi connectivity index (χ0) is 24.4. The summed E-state index contributed by atoms with van der Waals surface area (Å²) < 4.78 is 0. The summed E-state index contributed by atoms with van der Waals surface area (Å²) in [6.07, 6.45) is 1.60. The number of aliphatic hydroxyl groups is 2. The van der Waals surface area contributed by atoms with Gasteiger partial charge in [-0.3, -0.25) is 14.4 Å². The Balaban J connectivity index is 3.06. The number of nitrogens with zero attached hydrogens (tertiary/aromatic N) is 1. The van der Waals surface area contributed by atoms with Crippen molar-refractivity contribution in [2.45, 2.75) is 63.9 Å². The lowest BCUT2D eigenvalue weighted by Gasteiger charge is -2.26. The maximum atomic E-state index is 12.9. The van der Waals surface area contributed by atoms with E-state index in [1.807, 2.05) is 13.8 Å². The molecule has 32 heavy (non-hydrogen) atoms. The Hall–Kier alpha value is -3.03. The van der Waals surface area contributed by atoms with E-state index < -0.39 is 60.6 Å². The Bertz CT molecular complexity index is 768. The molecule has 0 aliphatic heterocycles. The third-order valence-corrected chi connectivity index (χ3v) is 4.53. The second-order valence-electron chi connectivity index (χ2n) is 7.89. The topological polar surface area (TPSA) is 220 Å². The summed E-state index contributed by atoms with van der Waals surface area (Å²) in [5.41, 5.74) is 5.99. The number of carboxylic acid groups (broad SMARTS) is 1. The number of H-pyrrole nitrogens is 1. The summed E-state index contributed by atoms with van der Waals surface area (Å²) >= 11 is 0. The standard InChI is InChI=1S/C19H32N6O7/c1-9(2)4-13(23-16(28)12(20)7-26)17(29)24-14(5-11-6-21-8-22-11)18(30)25-15(10(3)27)19(31)32/h6,8-10,12-15,26-27H,4-5,7,20H2,1-3H3,(H,21,22)(H,23,28)(H,24,29)(H,25,30)(H,31,32). The number of aromatic amines is 1. The summed E-state index contributed by atoms with van der Waals surface area (Å²) in [5.74, 6) is -3.72. The number of imidazole rings is 1. The van der Waals surface area contributed by atoms with E-state index in [-0.39, 0.29) is 18.8 Å². The molecule has 1 rings (SSSR count). The van der Waals surface area contributed by atoms with E-state index >= 15 is 0 Å². The minimum absolute atomic E-state index is 0.0112. The van der Waals surface area contributed by atoms with Crippen molar-refractivity contribution in [1.29, 1.82) is 0 Å². The number of carboxylic acids is 1. The largest absolute Gasteiger partial charge is 0.480 e. The van der Waals surface area contributed by atoms with Crippen molar-refractivity contribution in [2.24, 2.45) is 11.7 Å². The number of nitrogens with one attached hydrogen (secondary N) is 4. The molecule has 0 aromatic carbocycles. The van der Waals surface area contributed by atoms with Gasteiger partial charge in [0.25, 0.3) is 0 Å². The lowest BCUT2D eigenvalue weighted by Crippen LogP contribution is -2.59. The third kappa shape index (κ3) is 8.61. The van der Waals surface area contributed by atoms with Crippen molar-refractivity contribution in [2.75, 3.05) is 6.61 Å². The highest BCUT2D eigenvalue weighted by molar-refractivity contribution is 5.94. The molecule has 13 nitrogen and oxygen atoms in total. The first-order valence-electron chi connectivity index (χ1n) is 10.1. The molecule has 0 saturated heterocycles. The molecular formula is C19H32N6O7. The van der Waals surface area contributed by atoms with Crippen LogP contribution in [0.2, 0.25) is 0 Å². The Morgan fingerprint density at radius 2 is 1.66 bits per heavy atom. The first-order valence-corrected chi connectivity index (χ1v) is 10.1. The summed E-state index contributed by atoms with van der Waals surface area (Å²) in [7, 11) is 0. The van der Waals surface area contributed by atoms with Gasteiger partial charge in [0.1, 0.15) is 18.1 Å². The van der Waals surface area contributed by atoms with Crippen LogP contribution in [0.3, 0.4) is 0 Å². The zero-order valence-electron chi connectivity index (χ0n) is 18.2. The van der Waals surface area contributed by atoms with E-state index in [1.54, 1.807) is 0 Å². The molecule has 0 saturated carbocycles. The van der Waals surface area contributed by atoms with Gasteiger partial charge in [-0.1, -0.05) is 13.8 Å². The Morgan fingerprint density at radius 1 is 1.06 bits per heavy atom. The predicted octanol–water partition coefficient (Wildman–Crippen LogP) is -2.76. The van der Waals surface area contributed by atoms with Gasteiger partial charge < -0.3 is 42.0 Å². The monoisotopic (exact) mass is 456 g/mol. The molecule has 9 N–H and O–H groups in total. The number of hydrogen-bond donors (Lipinski definition) is 8. The number of carbonyl (C=O) groups excluding carboxylic acids is 3. The van der Waals surface area contributed by atoms with E-state index in [9.17, 15) is 29.4 Å². The molecule has 13 heteroatoms. The molecule has 0 aliphatic carbocycles. The average molecular weight is 457 g/mol. The number of aliphatic hydroxyl groups excluding tert-OH is 2. The van der Waals surface area contributed by atoms with E-state index in [0.717, 1.165) is 0 Å². The zero-order valence-corrected chi connectivity index (χ0v) is 18.2. The maximum Gasteiger partial charge on any atom is 0.328 e. The van der Waals surface area contributed by atoms with Crippen molar-refractivity contribution in [1.82, 2.24) is 25.9 Å². The number of aliphatic carboxylic acids is 1. The van der Waals surface area contributed by atoms with Crippen molar-refractivity contribution in [3.8, 4) is 0 Å². The molecule has 0 aliphatic rings. The smallest absolute Gasteiger partial charge is 0.328 e. The molecule has 180 valence electrons. The van der Waals surface area contributed by atoms with Gasteiger partial charge in [0.15, 0.2) is 6.04 Å². The van der Waals surface area contributed by atoms with Crippen molar-refractivity contribution < 1.29 is 34.5 Å². The van der Waals surface area contributed by atoms with Crippen LogP contribution in [-0.2, 0) is 25.6 Å². The number of hydrogen-bond acceptors (Lipinski definition) is 8. The Labute approximate surface area is 185 Å². The molecule has 5 unspecified atom stereocenters. The molecule has 1 aromatic heterocycles. The van der Waals surface area contributed by atoms with Crippen LogP contribution in [0.4, 0.5) is 0 Å². The van der Waals surface area contributed by atoms with Gasteiger partial charge in [0.2, 0.25) is 17.7 Å². The van der Waals surface area contributed by atoms with Crippen LogP contribution >= 0.6 is 0 Å². The number of nitrogens with two attached hydrogens (primary N) is 1. The maximum absolute atomic E-state index is 12.9. The minimum Gasteiger partial charge on any atom is -0.480 e. The fraction of sp³-hybridized carbons (Fsp3) is 0.632. The Kier molecular flexibility index (Phi) is 10.7. The summed E-state index contributed by atoms with van der Waals surface area (Å²) in [4.78, 5) is 55.7. The van der Waals surface area contributed by atoms with Gasteiger partial charge in [0, 0.05) is 18.3 Å². The molecule has 1 aromatic rings. The van der Waals surface area contributed by atoms with Crippen LogP contribution < -0.4 is 21.7 Å². The fourth-order valence-electron chi connectivity index (χ4n) is 2.80. The molecule has 3 amide bonds. The van der Waals surface area contributed by atoms with E-state index in [0.29, 0.717) is 5.69 Å². The van der Waals surface area contributed by atoms with Crippen LogP contribution in [0.1, 0.15) is 32.9 Å². The van der Waals surface area contributed by atoms with E-state index in [2.05, 4.69) is 25.9 Å². The van der Waals surface area contributed by atoms with Gasteiger partial charge in [-0.2, -0.15) is 0 Å². The lowest BCUT2D eigenvalue weighted by molar-refractivity contribution is -0.145. The van der Waals surface area contributed by atoms with Crippen LogP contribution in [0.5, 0.6) is 0 Å². The van der Waals surface area contributed by atoms with Crippen LogP contribution in [0, 0.1) is 5.92 Å². The second kappa shape index (κ2) is 12.7. The first kappa shape index (κ1) is 27.0. The van der Waals surface area contributed by atoms with E-state index in [4.69, 9.17) is 10.8 Å². The first-order chi connectivity index (χ1) is 15.0. The van der Waals surface area contributed by atoms with Gasteiger partial charge in [0.05, 0.1) is 19.0 Å². The highest BCUT2D eigenvalue weighted by Crippen LogP contribution is 2.08. The molecular weight excluding hydrogens is 424 g/mol. The number of rotatable bonds is 13. The highest BCUT2D eigenvalue weighted by Gasteiger charge is 2.32. The molecule has 5 atom stereocenters. The van der Waals surface area contributed by atoms with Crippen LogP contribution in [0.25, 0.3) is 0 Å². The molecule has 0 fully saturated rings. The van der Waals surface area contributed by atoms with Crippen molar-refractivity contribution in [3.05, 3.63) is 18.2 Å². The molecule has 0 radical (unpaired) electrons. The van der Waals surface area contributed by atoms with Gasteiger partial charge in [-0.15, -0.1) is 0 Å².